The van der Waals surface area contributed by atoms with Crippen LogP contribution in [-0.2, 0) is 0 Å². The fourth-order valence-electron chi connectivity index (χ4n) is 1.84. The molecule has 0 radical (unpaired) electrons. The minimum atomic E-state index is 0.683. The molecule has 6 heteroatoms. The summed E-state index contributed by atoms with van der Waals surface area (Å²) < 4.78 is 2.64. The molecule has 0 amide bonds. The Kier molecular flexibility index (Phi) is 3.16. The number of fused-ring (bicyclic) bond motifs is 1. The van der Waals surface area contributed by atoms with Crippen LogP contribution in [0.25, 0.3) is 5.65 Å². The van der Waals surface area contributed by atoms with Crippen LogP contribution < -0.4 is 5.32 Å². The van der Waals surface area contributed by atoms with Crippen molar-refractivity contribution in [3.63, 3.8) is 0 Å². The van der Waals surface area contributed by atoms with Gasteiger partial charge >= 0.3 is 0 Å². The molecule has 19 heavy (non-hydrogen) atoms. The summed E-state index contributed by atoms with van der Waals surface area (Å²) in [7, 11) is 0. The van der Waals surface area contributed by atoms with Crippen LogP contribution in [0.4, 0.5) is 11.5 Å². The van der Waals surface area contributed by atoms with Crippen molar-refractivity contribution in [3.05, 3.63) is 52.0 Å². The monoisotopic (exact) mass is 336 g/mol. The number of aromatic nitrogens is 3. The van der Waals surface area contributed by atoms with Crippen molar-refractivity contribution in [1.29, 1.82) is 0 Å². The van der Waals surface area contributed by atoms with Crippen LogP contribution >= 0.6 is 27.5 Å². The van der Waals surface area contributed by atoms with Crippen molar-refractivity contribution < 1.29 is 0 Å². The minimum Gasteiger partial charge on any atom is -0.337 e. The third-order valence-electron chi connectivity index (χ3n) is 2.80. The number of halogens is 2. The summed E-state index contributed by atoms with van der Waals surface area (Å²) in [6, 6.07) is 5.70. The molecule has 0 unspecified atom stereocenters. The highest BCUT2D eigenvalue weighted by Gasteiger charge is 2.08. The van der Waals surface area contributed by atoms with E-state index < -0.39 is 0 Å². The molecule has 2 heterocycles. The summed E-state index contributed by atoms with van der Waals surface area (Å²) in [5.41, 5.74) is 2.78. The van der Waals surface area contributed by atoms with Crippen molar-refractivity contribution in [1.82, 2.24) is 14.4 Å². The number of rotatable bonds is 2. The van der Waals surface area contributed by atoms with Gasteiger partial charge in [-0.15, -0.1) is 0 Å². The van der Waals surface area contributed by atoms with Crippen molar-refractivity contribution in [2.75, 3.05) is 5.32 Å². The van der Waals surface area contributed by atoms with E-state index in [0.29, 0.717) is 10.8 Å². The maximum atomic E-state index is 6.02. The lowest BCUT2D eigenvalue weighted by Crippen LogP contribution is -2.00. The van der Waals surface area contributed by atoms with Gasteiger partial charge in [0.05, 0.1) is 0 Å². The molecule has 1 aromatic carbocycles. The summed E-state index contributed by atoms with van der Waals surface area (Å²) in [5.74, 6) is 0.685. The van der Waals surface area contributed by atoms with Crippen molar-refractivity contribution in [3.8, 4) is 0 Å². The first-order valence-electron chi connectivity index (χ1n) is 5.66. The number of benzene rings is 1. The fourth-order valence-corrected chi connectivity index (χ4v) is 2.41. The van der Waals surface area contributed by atoms with Gasteiger partial charge in [0.1, 0.15) is 4.60 Å². The molecule has 3 aromatic rings. The summed E-state index contributed by atoms with van der Waals surface area (Å²) in [5, 5.41) is 3.96. The summed E-state index contributed by atoms with van der Waals surface area (Å²) in [6.07, 6.45) is 5.47. The lowest BCUT2D eigenvalue weighted by molar-refractivity contribution is 1.10. The molecular weight excluding hydrogens is 328 g/mol. The zero-order chi connectivity index (χ0) is 13.4. The van der Waals surface area contributed by atoms with Crippen LogP contribution in [0.2, 0.25) is 5.02 Å². The van der Waals surface area contributed by atoms with Gasteiger partial charge in [0.15, 0.2) is 11.5 Å². The molecule has 0 aliphatic carbocycles. The van der Waals surface area contributed by atoms with Gasteiger partial charge in [-0.2, -0.15) is 0 Å². The Bertz CT molecular complexity index is 753. The number of hydrogen-bond acceptors (Lipinski definition) is 3. The van der Waals surface area contributed by atoms with Crippen LogP contribution in [0.3, 0.4) is 0 Å². The SMILES string of the molecule is Cc1ccc(Cl)cc1Nc1nc(Br)cn2ccnc12. The Hall–Kier alpha value is -1.59. The van der Waals surface area contributed by atoms with E-state index in [-0.39, 0.29) is 0 Å². The zero-order valence-electron chi connectivity index (χ0n) is 10.1. The van der Waals surface area contributed by atoms with Gasteiger partial charge < -0.3 is 9.72 Å². The molecule has 0 saturated carbocycles. The number of nitrogens with zero attached hydrogens (tertiary/aromatic N) is 3. The second-order valence-electron chi connectivity index (χ2n) is 4.15. The molecule has 1 N–H and O–H groups in total. The smallest absolute Gasteiger partial charge is 0.180 e. The molecule has 0 aliphatic rings. The Labute approximate surface area is 123 Å². The number of nitrogens with one attached hydrogen (secondary N) is 1. The first-order chi connectivity index (χ1) is 9.13. The third-order valence-corrected chi connectivity index (χ3v) is 3.41. The Morgan fingerprint density at radius 3 is 3.05 bits per heavy atom. The predicted molar refractivity (Wildman–Crippen MR) is 80.2 cm³/mol. The standard InChI is InChI=1S/C13H10BrClN4/c1-8-2-3-9(15)6-10(8)17-12-13-16-4-5-19(13)7-11(14)18-12/h2-7H,1H3,(H,17,18). The maximum absolute atomic E-state index is 6.02. The van der Waals surface area contributed by atoms with Gasteiger partial charge in [-0.1, -0.05) is 17.7 Å². The van der Waals surface area contributed by atoms with E-state index in [0.717, 1.165) is 21.5 Å². The topological polar surface area (TPSA) is 42.2 Å². The summed E-state index contributed by atoms with van der Waals surface area (Å²) in [6.45, 7) is 2.01. The quantitative estimate of drug-likeness (QED) is 0.762. The van der Waals surface area contributed by atoms with Gasteiger partial charge in [0.25, 0.3) is 0 Å². The van der Waals surface area contributed by atoms with Crippen LogP contribution in [0.1, 0.15) is 5.56 Å². The number of hydrogen-bond donors (Lipinski definition) is 1. The van der Waals surface area contributed by atoms with Crippen LogP contribution in [-0.4, -0.2) is 14.4 Å². The molecule has 2 aromatic heterocycles. The molecule has 0 saturated heterocycles. The molecule has 3 rings (SSSR count). The molecule has 0 aliphatic heterocycles. The van der Waals surface area contributed by atoms with Gasteiger partial charge in [0.2, 0.25) is 0 Å². The van der Waals surface area contributed by atoms with E-state index in [4.69, 9.17) is 11.6 Å². The Balaban J connectivity index is 2.10. The normalized spacial score (nSPS) is 10.9. The minimum absolute atomic E-state index is 0.683. The van der Waals surface area contributed by atoms with E-state index in [1.54, 1.807) is 6.20 Å². The third kappa shape index (κ3) is 2.43. The van der Waals surface area contributed by atoms with Gasteiger partial charge in [-0.3, -0.25) is 0 Å². The molecule has 0 fully saturated rings. The molecule has 0 atom stereocenters. The number of anilines is 2. The van der Waals surface area contributed by atoms with E-state index in [2.05, 4.69) is 31.2 Å². The summed E-state index contributed by atoms with van der Waals surface area (Å²) >= 11 is 9.41. The largest absolute Gasteiger partial charge is 0.337 e. The Morgan fingerprint density at radius 2 is 2.21 bits per heavy atom. The molecule has 96 valence electrons. The highest BCUT2D eigenvalue weighted by Crippen LogP contribution is 2.26. The molecule has 0 bridgehead atoms. The highest BCUT2D eigenvalue weighted by atomic mass is 79.9. The lowest BCUT2D eigenvalue weighted by Gasteiger charge is -2.10. The molecule has 0 spiro atoms. The second kappa shape index (κ2) is 4.83. The average Bonchev–Trinajstić information content (AvgIpc) is 2.82. The first-order valence-corrected chi connectivity index (χ1v) is 6.83. The fraction of sp³-hybridized carbons (Fsp3) is 0.0769. The van der Waals surface area contributed by atoms with E-state index in [1.807, 2.05) is 41.9 Å². The zero-order valence-corrected chi connectivity index (χ0v) is 12.4. The van der Waals surface area contributed by atoms with Crippen molar-refractivity contribution >= 4 is 44.7 Å². The first kappa shape index (κ1) is 12.4. The van der Waals surface area contributed by atoms with Crippen LogP contribution in [0.5, 0.6) is 0 Å². The number of aryl methyl sites for hydroxylation is 1. The Morgan fingerprint density at radius 1 is 1.37 bits per heavy atom. The lowest BCUT2D eigenvalue weighted by atomic mass is 10.2. The molecule has 4 nitrogen and oxygen atoms in total. The van der Waals surface area contributed by atoms with Gasteiger partial charge in [-0.05, 0) is 40.5 Å². The van der Waals surface area contributed by atoms with Crippen molar-refractivity contribution in [2.24, 2.45) is 0 Å². The second-order valence-corrected chi connectivity index (χ2v) is 5.40. The molecular formula is C13H10BrClN4. The van der Waals surface area contributed by atoms with E-state index >= 15 is 0 Å². The summed E-state index contributed by atoms with van der Waals surface area (Å²) in [4.78, 5) is 8.71. The van der Waals surface area contributed by atoms with Gasteiger partial charge in [0, 0.05) is 29.3 Å². The van der Waals surface area contributed by atoms with Gasteiger partial charge in [-0.25, -0.2) is 9.97 Å². The number of imidazole rings is 1. The maximum Gasteiger partial charge on any atom is 0.180 e. The van der Waals surface area contributed by atoms with Crippen LogP contribution in [0, 0.1) is 6.92 Å². The highest BCUT2D eigenvalue weighted by molar-refractivity contribution is 9.10. The van der Waals surface area contributed by atoms with E-state index in [1.165, 1.54) is 0 Å². The van der Waals surface area contributed by atoms with E-state index in [9.17, 15) is 0 Å². The predicted octanol–water partition coefficient (Wildman–Crippen LogP) is 4.20. The van der Waals surface area contributed by atoms with Crippen molar-refractivity contribution in [2.45, 2.75) is 6.92 Å². The van der Waals surface area contributed by atoms with Crippen LogP contribution in [0.15, 0.2) is 41.4 Å². The average molecular weight is 338 g/mol.